The lowest BCUT2D eigenvalue weighted by Gasteiger charge is -2.21. The van der Waals surface area contributed by atoms with E-state index < -0.39 is 11.9 Å². The van der Waals surface area contributed by atoms with Crippen molar-refractivity contribution in [3.8, 4) is 11.8 Å². The highest BCUT2D eigenvalue weighted by molar-refractivity contribution is 6.05. The maximum absolute atomic E-state index is 13.3. The van der Waals surface area contributed by atoms with Crippen molar-refractivity contribution in [2.45, 2.75) is 71.3 Å². The van der Waals surface area contributed by atoms with Gasteiger partial charge in [0.1, 0.15) is 5.56 Å². The van der Waals surface area contributed by atoms with Crippen LogP contribution in [0.2, 0.25) is 0 Å². The van der Waals surface area contributed by atoms with Gasteiger partial charge in [-0.15, -0.1) is 0 Å². The minimum absolute atomic E-state index is 0.0854. The number of benzene rings is 1. The van der Waals surface area contributed by atoms with E-state index >= 15 is 0 Å². The molecule has 1 N–H and O–H groups in total. The molecule has 7 nitrogen and oxygen atoms in total. The Morgan fingerprint density at radius 3 is 2.62 bits per heavy atom. The van der Waals surface area contributed by atoms with Crippen molar-refractivity contribution in [2.24, 2.45) is 0 Å². The number of anilines is 1. The molecule has 1 aromatic heterocycles. The van der Waals surface area contributed by atoms with Crippen LogP contribution in [-0.2, 0) is 24.2 Å². The number of carbonyl (C=O) groups is 2. The summed E-state index contributed by atoms with van der Waals surface area (Å²) in [4.78, 5) is 37.9. The van der Waals surface area contributed by atoms with Gasteiger partial charge in [-0.25, -0.2) is 0 Å². The third-order valence-corrected chi connectivity index (χ3v) is 5.65. The van der Waals surface area contributed by atoms with E-state index in [2.05, 4.69) is 11.4 Å². The highest BCUT2D eigenvalue weighted by Crippen LogP contribution is 2.25. The molecule has 0 spiro atoms. The van der Waals surface area contributed by atoms with Gasteiger partial charge in [0.2, 0.25) is 0 Å². The van der Waals surface area contributed by atoms with Crippen LogP contribution in [0.25, 0.3) is 0 Å². The molecule has 1 aromatic carbocycles. The molecule has 2 aromatic rings. The SMILES string of the molecule is CC(=O)Oc1ccccc1NC(=O)c1cc2c(n(CCCCC#N)c1=O)CCCCCC2. The number of amides is 1. The van der Waals surface area contributed by atoms with Gasteiger partial charge >= 0.3 is 5.97 Å². The van der Waals surface area contributed by atoms with E-state index in [9.17, 15) is 14.4 Å². The van der Waals surface area contributed by atoms with E-state index in [-0.39, 0.29) is 16.9 Å². The van der Waals surface area contributed by atoms with Crippen LogP contribution in [0, 0.1) is 11.3 Å². The van der Waals surface area contributed by atoms with Crippen LogP contribution >= 0.6 is 0 Å². The average Bonchev–Trinajstić information content (AvgIpc) is 2.74. The number of nitrogens with zero attached hydrogens (tertiary/aromatic N) is 2. The van der Waals surface area contributed by atoms with Crippen LogP contribution < -0.4 is 15.6 Å². The van der Waals surface area contributed by atoms with E-state index in [1.165, 1.54) is 6.92 Å². The van der Waals surface area contributed by atoms with Crippen LogP contribution in [0.3, 0.4) is 0 Å². The Bertz CT molecular complexity index is 1080. The second kappa shape index (κ2) is 11.3. The number of hydrogen-bond acceptors (Lipinski definition) is 5. The van der Waals surface area contributed by atoms with Crippen molar-refractivity contribution < 1.29 is 14.3 Å². The number of fused-ring (bicyclic) bond motifs is 1. The summed E-state index contributed by atoms with van der Waals surface area (Å²) in [5.41, 5.74) is 2.16. The first kappa shape index (κ1) is 23.3. The van der Waals surface area contributed by atoms with Crippen molar-refractivity contribution in [1.29, 1.82) is 5.26 Å². The van der Waals surface area contributed by atoms with Gasteiger partial charge in [0.05, 0.1) is 11.8 Å². The van der Waals surface area contributed by atoms with Crippen molar-refractivity contribution in [3.05, 3.63) is 57.5 Å². The Morgan fingerprint density at radius 1 is 1.12 bits per heavy atom. The van der Waals surface area contributed by atoms with Gasteiger partial charge in [0, 0.05) is 25.6 Å². The fourth-order valence-electron chi connectivity index (χ4n) is 4.11. The quantitative estimate of drug-likeness (QED) is 0.395. The lowest BCUT2D eigenvalue weighted by atomic mass is 9.95. The first-order valence-electron chi connectivity index (χ1n) is 11.2. The number of pyridine rings is 1. The Hall–Kier alpha value is -3.40. The van der Waals surface area contributed by atoms with Crippen molar-refractivity contribution in [1.82, 2.24) is 4.57 Å². The molecule has 0 fully saturated rings. The van der Waals surface area contributed by atoms with E-state index in [0.717, 1.165) is 49.8 Å². The Kier molecular flexibility index (Phi) is 8.20. The number of esters is 1. The maximum atomic E-state index is 13.3. The van der Waals surface area contributed by atoms with Gasteiger partial charge in [-0.1, -0.05) is 25.0 Å². The molecule has 3 rings (SSSR count). The number of aromatic nitrogens is 1. The van der Waals surface area contributed by atoms with Crippen molar-refractivity contribution in [2.75, 3.05) is 5.32 Å². The lowest BCUT2D eigenvalue weighted by Crippen LogP contribution is -2.33. The van der Waals surface area contributed by atoms with E-state index in [1.807, 2.05) is 0 Å². The van der Waals surface area contributed by atoms with Gasteiger partial charge in [-0.3, -0.25) is 14.4 Å². The minimum atomic E-state index is -0.523. The zero-order chi connectivity index (χ0) is 22.9. The molecule has 1 aliphatic rings. The predicted octanol–water partition coefficient (Wildman–Crippen LogP) is 4.38. The molecule has 0 aliphatic heterocycles. The largest absolute Gasteiger partial charge is 0.424 e. The fraction of sp³-hybridized carbons (Fsp3) is 0.440. The monoisotopic (exact) mass is 435 g/mol. The number of carbonyl (C=O) groups excluding carboxylic acids is 2. The molecule has 7 heteroatoms. The summed E-state index contributed by atoms with van der Waals surface area (Å²) in [7, 11) is 0. The third-order valence-electron chi connectivity index (χ3n) is 5.65. The normalized spacial score (nSPS) is 13.2. The summed E-state index contributed by atoms with van der Waals surface area (Å²) in [6.07, 6.45) is 7.84. The molecule has 1 aliphatic carbocycles. The molecule has 168 valence electrons. The Labute approximate surface area is 188 Å². The number of hydrogen-bond donors (Lipinski definition) is 1. The molecule has 0 saturated heterocycles. The molecule has 0 bridgehead atoms. The topological polar surface area (TPSA) is 101 Å². The van der Waals surface area contributed by atoms with Gasteiger partial charge < -0.3 is 14.6 Å². The number of ether oxygens (including phenoxy) is 1. The second-order valence-electron chi connectivity index (χ2n) is 8.06. The summed E-state index contributed by atoms with van der Waals surface area (Å²) >= 11 is 0. The Morgan fingerprint density at radius 2 is 1.88 bits per heavy atom. The summed E-state index contributed by atoms with van der Waals surface area (Å²) in [6, 6.07) is 10.5. The summed E-state index contributed by atoms with van der Waals surface area (Å²) in [6.45, 7) is 1.78. The summed E-state index contributed by atoms with van der Waals surface area (Å²) in [5.74, 6) is -0.783. The van der Waals surface area contributed by atoms with Crippen molar-refractivity contribution in [3.63, 3.8) is 0 Å². The molecule has 0 radical (unpaired) electrons. The first-order valence-corrected chi connectivity index (χ1v) is 11.2. The standard InChI is InChI=1S/C25H29N3O4/c1-18(29)32-23-14-8-7-12-21(23)27-24(30)20-17-19-11-5-2-3-6-13-22(19)28(25(20)31)16-10-4-9-15-26/h7-8,12,14,17H,2-6,9-11,13,16H2,1H3,(H,27,30). The predicted molar refractivity (Wildman–Crippen MR) is 122 cm³/mol. The van der Waals surface area contributed by atoms with E-state index in [1.54, 1.807) is 34.9 Å². The molecular weight excluding hydrogens is 406 g/mol. The van der Waals surface area contributed by atoms with Crippen LogP contribution in [0.1, 0.15) is 73.5 Å². The molecule has 0 atom stereocenters. The van der Waals surface area contributed by atoms with E-state index in [4.69, 9.17) is 10.00 Å². The maximum Gasteiger partial charge on any atom is 0.308 e. The van der Waals surface area contributed by atoms with Gasteiger partial charge in [0.15, 0.2) is 5.75 Å². The average molecular weight is 436 g/mol. The number of nitriles is 1. The third kappa shape index (κ3) is 5.85. The zero-order valence-electron chi connectivity index (χ0n) is 18.5. The number of unbranched alkanes of at least 4 members (excludes halogenated alkanes) is 2. The van der Waals surface area contributed by atoms with Gasteiger partial charge in [-0.2, -0.15) is 5.26 Å². The van der Waals surface area contributed by atoms with Crippen LogP contribution in [0.5, 0.6) is 5.75 Å². The molecule has 0 saturated carbocycles. The Balaban J connectivity index is 1.96. The second-order valence-corrected chi connectivity index (χ2v) is 8.06. The first-order chi connectivity index (χ1) is 15.5. The highest BCUT2D eigenvalue weighted by atomic mass is 16.5. The van der Waals surface area contributed by atoms with Crippen LogP contribution in [-0.4, -0.2) is 16.4 Å². The van der Waals surface area contributed by atoms with Crippen LogP contribution in [0.4, 0.5) is 5.69 Å². The molecule has 32 heavy (non-hydrogen) atoms. The van der Waals surface area contributed by atoms with Gasteiger partial charge in [-0.05, 0) is 62.3 Å². The highest BCUT2D eigenvalue weighted by Gasteiger charge is 2.21. The minimum Gasteiger partial charge on any atom is -0.424 e. The van der Waals surface area contributed by atoms with Crippen LogP contribution in [0.15, 0.2) is 35.1 Å². The fourth-order valence-corrected chi connectivity index (χ4v) is 4.11. The number of rotatable bonds is 7. The number of nitrogens with one attached hydrogen (secondary N) is 1. The summed E-state index contributed by atoms with van der Waals surface area (Å²) < 4.78 is 6.91. The summed E-state index contributed by atoms with van der Waals surface area (Å²) in [5, 5.41) is 11.5. The smallest absolute Gasteiger partial charge is 0.308 e. The number of para-hydroxylation sites is 2. The molecule has 1 heterocycles. The molecule has 0 unspecified atom stereocenters. The lowest BCUT2D eigenvalue weighted by molar-refractivity contribution is -0.131. The number of aryl methyl sites for hydroxylation is 1. The van der Waals surface area contributed by atoms with Crippen molar-refractivity contribution >= 4 is 17.6 Å². The van der Waals surface area contributed by atoms with Gasteiger partial charge in [0.25, 0.3) is 11.5 Å². The van der Waals surface area contributed by atoms with E-state index in [0.29, 0.717) is 31.5 Å². The molecular formula is C25H29N3O4. The zero-order valence-corrected chi connectivity index (χ0v) is 18.5. The molecule has 1 amide bonds.